The van der Waals surface area contributed by atoms with E-state index in [4.69, 9.17) is 0 Å². The monoisotopic (exact) mass is 223 g/mol. The van der Waals surface area contributed by atoms with Crippen molar-refractivity contribution in [3.8, 4) is 0 Å². The molecule has 1 aromatic heterocycles. The lowest BCUT2D eigenvalue weighted by Gasteiger charge is -2.16. The molecule has 0 N–H and O–H groups in total. The molecule has 3 rings (SSSR count). The van der Waals surface area contributed by atoms with Crippen molar-refractivity contribution in [1.82, 2.24) is 4.98 Å². The van der Waals surface area contributed by atoms with Crippen LogP contribution in [-0.2, 0) is 0 Å². The number of benzene rings is 1. The molecule has 0 unspecified atom stereocenters. The molecule has 0 saturated heterocycles. The number of nitrogens with zero attached hydrogens (tertiary/aromatic N) is 1. The van der Waals surface area contributed by atoms with Crippen LogP contribution in [0.1, 0.15) is 37.5 Å². The quantitative estimate of drug-likeness (QED) is 0.586. The van der Waals surface area contributed by atoms with E-state index in [-0.39, 0.29) is 17.3 Å². The number of fused-ring (bicyclic) bond motifs is 2. The number of aromatic nitrogens is 1. The van der Waals surface area contributed by atoms with Crippen molar-refractivity contribution in [2.75, 3.05) is 0 Å². The van der Waals surface area contributed by atoms with Gasteiger partial charge < -0.3 is 0 Å². The number of carbonyl (C=O) groups excluding carboxylic acids is 2. The van der Waals surface area contributed by atoms with Gasteiger partial charge in [-0.15, -0.1) is 0 Å². The maximum Gasteiger partial charge on any atom is 0.212 e. The van der Waals surface area contributed by atoms with E-state index in [1.807, 2.05) is 13.0 Å². The number of ketones is 2. The fourth-order valence-corrected chi connectivity index (χ4v) is 2.09. The highest BCUT2D eigenvalue weighted by atomic mass is 16.1. The summed E-state index contributed by atoms with van der Waals surface area (Å²) in [4.78, 5) is 28.4. The van der Waals surface area contributed by atoms with Gasteiger partial charge in [-0.25, -0.2) is 0 Å². The van der Waals surface area contributed by atoms with E-state index in [1.165, 1.54) is 6.20 Å². The number of pyridine rings is 1. The standard InChI is InChI=1S/C14H9NO2/c1-8-4-5-9-11(7-8)13(16)10-3-2-6-15-12(10)14(9)17/h2-7H,1H3. The molecule has 0 aliphatic heterocycles. The third-order valence-corrected chi connectivity index (χ3v) is 2.93. The summed E-state index contributed by atoms with van der Waals surface area (Å²) in [6.45, 7) is 1.90. The van der Waals surface area contributed by atoms with Crippen molar-refractivity contribution < 1.29 is 9.59 Å². The van der Waals surface area contributed by atoms with Crippen LogP contribution in [0.5, 0.6) is 0 Å². The minimum absolute atomic E-state index is 0.119. The first-order valence-electron chi connectivity index (χ1n) is 5.33. The molecule has 0 saturated carbocycles. The van der Waals surface area contributed by atoms with E-state index in [9.17, 15) is 9.59 Å². The molecule has 1 heterocycles. The molecule has 1 aliphatic rings. The molecule has 1 aromatic carbocycles. The second-order valence-electron chi connectivity index (χ2n) is 4.11. The lowest BCUT2D eigenvalue weighted by atomic mass is 9.86. The summed E-state index contributed by atoms with van der Waals surface area (Å²) in [6.07, 6.45) is 1.53. The predicted molar refractivity (Wildman–Crippen MR) is 62.3 cm³/mol. The molecular formula is C14H9NO2. The van der Waals surface area contributed by atoms with Crippen LogP contribution in [0, 0.1) is 6.92 Å². The maximum atomic E-state index is 12.2. The SMILES string of the molecule is Cc1ccc2c(c1)C(=O)c1cccnc1C2=O. The van der Waals surface area contributed by atoms with E-state index in [0.717, 1.165) is 5.56 Å². The third kappa shape index (κ3) is 1.32. The zero-order valence-corrected chi connectivity index (χ0v) is 9.23. The van der Waals surface area contributed by atoms with E-state index in [0.29, 0.717) is 16.7 Å². The average Bonchev–Trinajstić information content (AvgIpc) is 2.36. The summed E-state index contributed by atoms with van der Waals surface area (Å²) in [7, 11) is 0. The predicted octanol–water partition coefficient (Wildman–Crippen LogP) is 2.17. The highest BCUT2D eigenvalue weighted by Crippen LogP contribution is 2.26. The van der Waals surface area contributed by atoms with Crippen molar-refractivity contribution in [2.45, 2.75) is 6.92 Å². The van der Waals surface area contributed by atoms with Gasteiger partial charge in [0.1, 0.15) is 5.69 Å². The van der Waals surface area contributed by atoms with E-state index in [1.54, 1.807) is 24.3 Å². The Kier molecular flexibility index (Phi) is 1.95. The van der Waals surface area contributed by atoms with Crippen LogP contribution in [0.15, 0.2) is 36.5 Å². The molecule has 3 nitrogen and oxygen atoms in total. The van der Waals surface area contributed by atoms with Crippen LogP contribution in [0.3, 0.4) is 0 Å². The molecule has 82 valence electrons. The van der Waals surface area contributed by atoms with E-state index >= 15 is 0 Å². The van der Waals surface area contributed by atoms with Gasteiger partial charge in [0.15, 0.2) is 5.78 Å². The van der Waals surface area contributed by atoms with Crippen LogP contribution >= 0.6 is 0 Å². The van der Waals surface area contributed by atoms with Crippen LogP contribution in [-0.4, -0.2) is 16.6 Å². The van der Waals surface area contributed by atoms with Gasteiger partial charge in [0, 0.05) is 17.3 Å². The summed E-state index contributed by atoms with van der Waals surface area (Å²) >= 11 is 0. The Hall–Kier alpha value is -2.29. The fourth-order valence-electron chi connectivity index (χ4n) is 2.09. The Morgan fingerprint density at radius 3 is 2.59 bits per heavy atom. The largest absolute Gasteiger partial charge is 0.288 e. The summed E-state index contributed by atoms with van der Waals surface area (Å²) in [5.74, 6) is -0.290. The molecule has 0 spiro atoms. The van der Waals surface area contributed by atoms with Gasteiger partial charge in [0.25, 0.3) is 0 Å². The number of rotatable bonds is 0. The summed E-state index contributed by atoms with van der Waals surface area (Å²) in [6, 6.07) is 8.60. The topological polar surface area (TPSA) is 47.0 Å². The average molecular weight is 223 g/mol. The normalized spacial score (nSPS) is 13.2. The lowest BCUT2D eigenvalue weighted by Crippen LogP contribution is -2.22. The molecule has 3 heteroatoms. The first-order valence-corrected chi connectivity index (χ1v) is 5.33. The summed E-state index contributed by atoms with van der Waals surface area (Å²) in [5, 5.41) is 0. The molecule has 0 fully saturated rings. The summed E-state index contributed by atoms with van der Waals surface area (Å²) in [5.41, 5.74) is 2.56. The number of hydrogen-bond acceptors (Lipinski definition) is 3. The Balaban J connectivity index is 2.33. The fraction of sp³-hybridized carbons (Fsp3) is 0.0714. The minimum atomic E-state index is -0.171. The van der Waals surface area contributed by atoms with Crippen LogP contribution in [0.25, 0.3) is 0 Å². The second-order valence-corrected chi connectivity index (χ2v) is 4.11. The van der Waals surface area contributed by atoms with Crippen LogP contribution in [0.4, 0.5) is 0 Å². The Labute approximate surface area is 98.1 Å². The van der Waals surface area contributed by atoms with Crippen molar-refractivity contribution in [3.05, 3.63) is 64.5 Å². The van der Waals surface area contributed by atoms with Crippen molar-refractivity contribution >= 4 is 11.6 Å². The van der Waals surface area contributed by atoms with Crippen molar-refractivity contribution in [3.63, 3.8) is 0 Å². The van der Waals surface area contributed by atoms with Gasteiger partial charge in [-0.1, -0.05) is 11.6 Å². The molecular weight excluding hydrogens is 214 g/mol. The van der Waals surface area contributed by atoms with Crippen molar-refractivity contribution in [2.24, 2.45) is 0 Å². The first-order chi connectivity index (χ1) is 8.18. The van der Waals surface area contributed by atoms with Crippen LogP contribution in [0.2, 0.25) is 0 Å². The Morgan fingerprint density at radius 2 is 1.76 bits per heavy atom. The highest BCUT2D eigenvalue weighted by molar-refractivity contribution is 6.27. The Bertz CT molecular complexity index is 659. The van der Waals surface area contributed by atoms with E-state index in [2.05, 4.69) is 4.98 Å². The molecule has 1 aliphatic carbocycles. The Morgan fingerprint density at radius 1 is 0.941 bits per heavy atom. The number of carbonyl (C=O) groups is 2. The maximum absolute atomic E-state index is 12.2. The van der Waals surface area contributed by atoms with Crippen molar-refractivity contribution in [1.29, 1.82) is 0 Å². The zero-order valence-electron chi connectivity index (χ0n) is 9.23. The molecule has 0 amide bonds. The zero-order chi connectivity index (χ0) is 12.0. The first kappa shape index (κ1) is 9.90. The van der Waals surface area contributed by atoms with Gasteiger partial charge in [0.2, 0.25) is 5.78 Å². The smallest absolute Gasteiger partial charge is 0.212 e. The minimum Gasteiger partial charge on any atom is -0.288 e. The molecule has 0 bridgehead atoms. The summed E-state index contributed by atoms with van der Waals surface area (Å²) < 4.78 is 0. The molecule has 0 radical (unpaired) electrons. The van der Waals surface area contributed by atoms with Crippen LogP contribution < -0.4 is 0 Å². The third-order valence-electron chi connectivity index (χ3n) is 2.93. The van der Waals surface area contributed by atoms with Gasteiger partial charge >= 0.3 is 0 Å². The molecule has 2 aromatic rings. The lowest BCUT2D eigenvalue weighted by molar-refractivity contribution is 0.0975. The van der Waals surface area contributed by atoms with Gasteiger partial charge in [-0.05, 0) is 31.2 Å². The number of hydrogen-bond donors (Lipinski definition) is 0. The van der Waals surface area contributed by atoms with Gasteiger partial charge in [0.05, 0.1) is 5.56 Å². The van der Waals surface area contributed by atoms with Gasteiger partial charge in [-0.3, -0.25) is 14.6 Å². The number of aryl methyl sites for hydroxylation is 1. The van der Waals surface area contributed by atoms with Gasteiger partial charge in [-0.2, -0.15) is 0 Å². The molecule has 17 heavy (non-hydrogen) atoms. The molecule has 0 atom stereocenters. The highest BCUT2D eigenvalue weighted by Gasteiger charge is 2.30. The van der Waals surface area contributed by atoms with E-state index < -0.39 is 0 Å². The second kappa shape index (κ2) is 3.35.